The molecule has 9 heteroatoms. The topological polar surface area (TPSA) is 97.0 Å². The highest BCUT2D eigenvalue weighted by molar-refractivity contribution is 6.40. The number of likely N-dealkylation sites (tertiary alicyclic amines) is 1. The number of amides is 3. The van der Waals surface area contributed by atoms with Gasteiger partial charge in [-0.1, -0.05) is 11.6 Å². The monoisotopic (exact) mass is 383 g/mol. The summed E-state index contributed by atoms with van der Waals surface area (Å²) in [6, 6.07) is 4.73. The smallest absolute Gasteiger partial charge is 0.409 e. The zero-order chi connectivity index (χ0) is 19.1. The van der Waals surface area contributed by atoms with Gasteiger partial charge in [-0.2, -0.15) is 0 Å². The van der Waals surface area contributed by atoms with Crippen LogP contribution in [0.4, 0.5) is 10.5 Å². The SMILES string of the molecule is COC(=O)N1CCC(CNC(=O)C(=O)Nc2cc(Cl)ccc2OC)CC1. The molecule has 0 bridgehead atoms. The lowest BCUT2D eigenvalue weighted by Gasteiger charge is -2.30. The van der Waals surface area contributed by atoms with Gasteiger partial charge in [0.2, 0.25) is 0 Å². The van der Waals surface area contributed by atoms with Gasteiger partial charge in [-0.05, 0) is 37.0 Å². The zero-order valence-corrected chi connectivity index (χ0v) is 15.5. The molecule has 3 amide bonds. The Morgan fingerprint density at radius 1 is 1.19 bits per heavy atom. The molecular weight excluding hydrogens is 362 g/mol. The number of benzene rings is 1. The van der Waals surface area contributed by atoms with Gasteiger partial charge in [-0.25, -0.2) is 4.79 Å². The summed E-state index contributed by atoms with van der Waals surface area (Å²) in [5.41, 5.74) is 0.325. The molecule has 0 atom stereocenters. The molecule has 2 rings (SSSR count). The van der Waals surface area contributed by atoms with E-state index in [1.165, 1.54) is 20.3 Å². The maximum atomic E-state index is 12.1. The molecule has 8 nitrogen and oxygen atoms in total. The van der Waals surface area contributed by atoms with Gasteiger partial charge in [-0.3, -0.25) is 9.59 Å². The lowest BCUT2D eigenvalue weighted by Crippen LogP contribution is -2.43. The molecule has 1 aromatic carbocycles. The molecule has 26 heavy (non-hydrogen) atoms. The highest BCUT2D eigenvalue weighted by Crippen LogP contribution is 2.27. The average molecular weight is 384 g/mol. The first-order valence-corrected chi connectivity index (χ1v) is 8.58. The summed E-state index contributed by atoms with van der Waals surface area (Å²) < 4.78 is 9.81. The number of ether oxygens (including phenoxy) is 2. The van der Waals surface area contributed by atoms with Gasteiger partial charge >= 0.3 is 17.9 Å². The minimum Gasteiger partial charge on any atom is -0.495 e. The summed E-state index contributed by atoms with van der Waals surface area (Å²) in [4.78, 5) is 37.1. The van der Waals surface area contributed by atoms with Gasteiger partial charge in [0.15, 0.2) is 0 Å². The Morgan fingerprint density at radius 2 is 1.88 bits per heavy atom. The fourth-order valence-corrected chi connectivity index (χ4v) is 2.90. The molecule has 142 valence electrons. The van der Waals surface area contributed by atoms with Gasteiger partial charge in [0.1, 0.15) is 5.75 Å². The van der Waals surface area contributed by atoms with Gasteiger partial charge in [-0.15, -0.1) is 0 Å². The maximum Gasteiger partial charge on any atom is 0.409 e. The molecule has 0 aromatic heterocycles. The van der Waals surface area contributed by atoms with Gasteiger partial charge in [0, 0.05) is 24.7 Å². The largest absolute Gasteiger partial charge is 0.495 e. The Morgan fingerprint density at radius 3 is 2.50 bits per heavy atom. The van der Waals surface area contributed by atoms with Crippen LogP contribution in [0.5, 0.6) is 5.75 Å². The van der Waals surface area contributed by atoms with Gasteiger partial charge in [0.25, 0.3) is 0 Å². The minimum absolute atomic E-state index is 0.202. The van der Waals surface area contributed by atoms with E-state index in [0.717, 1.165) is 12.8 Å². The van der Waals surface area contributed by atoms with E-state index >= 15 is 0 Å². The number of anilines is 1. The fraction of sp³-hybridized carbons (Fsp3) is 0.471. The third-order valence-corrected chi connectivity index (χ3v) is 4.45. The molecular formula is C17H22ClN3O5. The van der Waals surface area contributed by atoms with Crippen molar-refractivity contribution in [1.82, 2.24) is 10.2 Å². The van der Waals surface area contributed by atoms with Crippen LogP contribution < -0.4 is 15.4 Å². The number of carbonyl (C=O) groups is 3. The van der Waals surface area contributed by atoms with Crippen molar-refractivity contribution in [3.8, 4) is 5.75 Å². The Kier molecular flexibility index (Phi) is 7.08. The van der Waals surface area contributed by atoms with E-state index < -0.39 is 11.8 Å². The van der Waals surface area contributed by atoms with Crippen molar-refractivity contribution >= 4 is 35.2 Å². The molecule has 0 radical (unpaired) electrons. The Bertz CT molecular complexity index is 674. The second kappa shape index (κ2) is 9.28. The van der Waals surface area contributed by atoms with Crippen molar-refractivity contribution < 1.29 is 23.9 Å². The number of hydrogen-bond acceptors (Lipinski definition) is 5. The normalized spacial score (nSPS) is 14.5. The number of carbonyl (C=O) groups excluding carboxylic acids is 3. The van der Waals surface area contributed by atoms with Crippen LogP contribution in [0.25, 0.3) is 0 Å². The average Bonchev–Trinajstić information content (AvgIpc) is 2.66. The molecule has 1 fully saturated rings. The number of methoxy groups -OCH3 is 2. The Hall–Kier alpha value is -2.48. The molecule has 0 aliphatic carbocycles. The highest BCUT2D eigenvalue weighted by Gasteiger charge is 2.24. The van der Waals surface area contributed by atoms with E-state index in [9.17, 15) is 14.4 Å². The Labute approximate surface area is 156 Å². The van der Waals surface area contributed by atoms with E-state index in [-0.39, 0.29) is 12.0 Å². The molecule has 1 heterocycles. The van der Waals surface area contributed by atoms with Crippen LogP contribution in [0.15, 0.2) is 18.2 Å². The molecule has 0 saturated carbocycles. The predicted molar refractivity (Wildman–Crippen MR) is 96.3 cm³/mol. The molecule has 1 aliphatic heterocycles. The number of hydrogen-bond donors (Lipinski definition) is 2. The summed E-state index contributed by atoms with van der Waals surface area (Å²) >= 11 is 5.90. The molecule has 1 aromatic rings. The van der Waals surface area contributed by atoms with Crippen molar-refractivity contribution in [3.05, 3.63) is 23.2 Å². The lowest BCUT2D eigenvalue weighted by atomic mass is 9.97. The number of nitrogens with one attached hydrogen (secondary N) is 2. The quantitative estimate of drug-likeness (QED) is 0.774. The van der Waals surface area contributed by atoms with Crippen molar-refractivity contribution in [1.29, 1.82) is 0 Å². The van der Waals surface area contributed by atoms with Crippen LogP contribution in [0.2, 0.25) is 5.02 Å². The minimum atomic E-state index is -0.794. The van der Waals surface area contributed by atoms with E-state index in [2.05, 4.69) is 15.4 Å². The fourth-order valence-electron chi connectivity index (χ4n) is 2.72. The summed E-state index contributed by atoms with van der Waals surface area (Å²) in [6.07, 6.45) is 1.13. The van der Waals surface area contributed by atoms with Crippen LogP contribution in [-0.4, -0.2) is 56.7 Å². The van der Waals surface area contributed by atoms with Crippen LogP contribution in [0.3, 0.4) is 0 Å². The highest BCUT2D eigenvalue weighted by atomic mass is 35.5. The standard InChI is InChI=1S/C17H22ClN3O5/c1-25-14-4-3-12(18)9-13(14)20-16(23)15(22)19-10-11-5-7-21(8-6-11)17(24)26-2/h3-4,9,11H,5-8,10H2,1-2H3,(H,19,22)(H,20,23). The third kappa shape index (κ3) is 5.26. The van der Waals surface area contributed by atoms with Crippen molar-refractivity contribution in [2.45, 2.75) is 12.8 Å². The predicted octanol–water partition coefficient (Wildman–Crippen LogP) is 1.88. The lowest BCUT2D eigenvalue weighted by molar-refractivity contribution is -0.136. The molecule has 1 aliphatic rings. The molecule has 1 saturated heterocycles. The first-order chi connectivity index (χ1) is 12.4. The van der Waals surface area contributed by atoms with Gasteiger partial charge in [0.05, 0.1) is 19.9 Å². The van der Waals surface area contributed by atoms with Crippen molar-refractivity contribution in [2.24, 2.45) is 5.92 Å². The summed E-state index contributed by atoms with van der Waals surface area (Å²) in [5, 5.41) is 5.53. The first kappa shape index (κ1) is 19.8. The van der Waals surface area contributed by atoms with E-state index in [0.29, 0.717) is 36.1 Å². The van der Waals surface area contributed by atoms with Crippen LogP contribution in [-0.2, 0) is 14.3 Å². The molecule has 2 N–H and O–H groups in total. The first-order valence-electron chi connectivity index (χ1n) is 8.20. The van der Waals surface area contributed by atoms with E-state index in [1.54, 1.807) is 17.0 Å². The number of piperidine rings is 1. The summed E-state index contributed by atoms with van der Waals surface area (Å²) in [5.74, 6) is -0.918. The van der Waals surface area contributed by atoms with Crippen LogP contribution in [0.1, 0.15) is 12.8 Å². The van der Waals surface area contributed by atoms with E-state index in [1.807, 2.05) is 0 Å². The van der Waals surface area contributed by atoms with Crippen molar-refractivity contribution in [3.63, 3.8) is 0 Å². The number of nitrogens with zero attached hydrogens (tertiary/aromatic N) is 1. The number of rotatable bonds is 4. The second-order valence-corrected chi connectivity index (χ2v) is 6.35. The van der Waals surface area contributed by atoms with E-state index in [4.69, 9.17) is 16.3 Å². The van der Waals surface area contributed by atoms with Gasteiger partial charge < -0.3 is 25.0 Å². The summed E-state index contributed by atoms with van der Waals surface area (Å²) in [6.45, 7) is 1.51. The van der Waals surface area contributed by atoms with Crippen LogP contribution >= 0.6 is 11.6 Å². The second-order valence-electron chi connectivity index (χ2n) is 5.91. The Balaban J connectivity index is 1.81. The number of halogens is 1. The third-order valence-electron chi connectivity index (χ3n) is 4.21. The summed E-state index contributed by atoms with van der Waals surface area (Å²) in [7, 11) is 2.81. The molecule has 0 spiro atoms. The van der Waals surface area contributed by atoms with Crippen molar-refractivity contribution in [2.75, 3.05) is 39.2 Å². The zero-order valence-electron chi connectivity index (χ0n) is 14.7. The maximum absolute atomic E-state index is 12.1. The van der Waals surface area contributed by atoms with Crippen LogP contribution in [0, 0.1) is 5.92 Å². The molecule has 0 unspecified atom stereocenters.